The van der Waals surface area contributed by atoms with Crippen LogP contribution in [0.4, 0.5) is 5.69 Å². The number of anilines is 1. The van der Waals surface area contributed by atoms with Crippen LogP contribution in [0.2, 0.25) is 0 Å². The zero-order valence-corrected chi connectivity index (χ0v) is 35.8. The number of esters is 1. The lowest BCUT2D eigenvalue weighted by Crippen LogP contribution is -2.46. The van der Waals surface area contributed by atoms with Crippen LogP contribution in [-0.2, 0) is 29.3 Å². The Bertz CT molecular complexity index is 1920. The van der Waals surface area contributed by atoms with Crippen LogP contribution in [0.5, 0.6) is 11.5 Å². The van der Waals surface area contributed by atoms with Crippen molar-refractivity contribution in [1.82, 2.24) is 30.4 Å². The second-order valence-electron chi connectivity index (χ2n) is 15.7. The Morgan fingerprint density at radius 2 is 1.54 bits per heavy atom. The molecule has 1 unspecified atom stereocenters. The summed E-state index contributed by atoms with van der Waals surface area (Å²) >= 11 is 0. The zero-order valence-electron chi connectivity index (χ0n) is 35.8. The summed E-state index contributed by atoms with van der Waals surface area (Å²) in [5.74, 6) is 2.70. The molecule has 6 rings (SSSR count). The van der Waals surface area contributed by atoms with Gasteiger partial charge in [0.1, 0.15) is 11.5 Å². The monoisotopic (exact) mass is 841 g/mol. The minimum atomic E-state index is -0.477. The third kappa shape index (κ3) is 14.2. The van der Waals surface area contributed by atoms with Crippen molar-refractivity contribution < 1.29 is 38.0 Å². The maximum atomic E-state index is 13.8. The first kappa shape index (κ1) is 45.4. The SMILES string of the molecule is COC(=O)CCCCCOCCOCCOCCCCCCOc1ccc2c(c1)C(NC(=O)c1cccc(NC3(c4nnc(-c5ccncc5)[nH]4)CCN(C)CC3)c1)CCO2. The minimum absolute atomic E-state index is 0.149. The van der Waals surface area contributed by atoms with Crippen LogP contribution in [0.1, 0.15) is 98.4 Å². The number of rotatable bonds is 26. The van der Waals surface area contributed by atoms with Gasteiger partial charge in [-0.15, -0.1) is 10.2 Å². The van der Waals surface area contributed by atoms with Crippen LogP contribution in [0.15, 0.2) is 67.0 Å². The van der Waals surface area contributed by atoms with Crippen molar-refractivity contribution in [2.24, 2.45) is 0 Å². The average Bonchev–Trinajstić information content (AvgIpc) is 3.80. The van der Waals surface area contributed by atoms with Gasteiger partial charge in [-0.2, -0.15) is 0 Å². The fraction of sp³-hybridized carbons (Fsp3) is 0.543. The van der Waals surface area contributed by atoms with Crippen LogP contribution >= 0.6 is 0 Å². The number of nitrogens with one attached hydrogen (secondary N) is 3. The molecule has 1 fully saturated rings. The van der Waals surface area contributed by atoms with Crippen molar-refractivity contribution >= 4 is 17.6 Å². The molecule has 3 N–H and O–H groups in total. The molecule has 1 atom stereocenters. The van der Waals surface area contributed by atoms with Gasteiger partial charge in [-0.1, -0.05) is 18.9 Å². The van der Waals surface area contributed by atoms with Crippen LogP contribution in [0.3, 0.4) is 0 Å². The predicted octanol–water partition coefficient (Wildman–Crippen LogP) is 6.88. The van der Waals surface area contributed by atoms with Crippen molar-refractivity contribution in [3.63, 3.8) is 0 Å². The number of piperidine rings is 1. The predicted molar refractivity (Wildman–Crippen MR) is 232 cm³/mol. The molecular weight excluding hydrogens is 779 g/mol. The number of unbranched alkanes of at least 4 members (excludes halogenated alkanes) is 5. The van der Waals surface area contributed by atoms with Crippen molar-refractivity contribution in [3.8, 4) is 22.9 Å². The molecular formula is C46H63N7O8. The largest absolute Gasteiger partial charge is 0.494 e. The molecule has 1 amide bonds. The first-order valence-electron chi connectivity index (χ1n) is 21.8. The van der Waals surface area contributed by atoms with E-state index >= 15 is 0 Å². The third-order valence-corrected chi connectivity index (χ3v) is 11.2. The number of amides is 1. The highest BCUT2D eigenvalue weighted by atomic mass is 16.5. The number of carbonyl (C=O) groups is 2. The Morgan fingerprint density at radius 1 is 0.836 bits per heavy atom. The Labute approximate surface area is 359 Å². The number of hydrogen-bond acceptors (Lipinski definition) is 13. The highest BCUT2D eigenvalue weighted by Gasteiger charge is 2.39. The molecule has 15 heteroatoms. The zero-order chi connectivity index (χ0) is 42.5. The first-order chi connectivity index (χ1) is 29.9. The van der Waals surface area contributed by atoms with E-state index in [0.717, 1.165) is 105 Å². The number of aromatic amines is 1. The van der Waals surface area contributed by atoms with E-state index in [2.05, 4.69) is 47.5 Å². The highest BCUT2D eigenvalue weighted by molar-refractivity contribution is 5.95. The number of pyridine rings is 1. The summed E-state index contributed by atoms with van der Waals surface area (Å²) in [7, 11) is 3.54. The molecule has 15 nitrogen and oxygen atoms in total. The molecule has 1 saturated heterocycles. The lowest BCUT2D eigenvalue weighted by atomic mass is 9.86. The van der Waals surface area contributed by atoms with E-state index in [1.54, 1.807) is 12.4 Å². The van der Waals surface area contributed by atoms with Gasteiger partial charge in [0.25, 0.3) is 5.91 Å². The Balaban J connectivity index is 0.889. The van der Waals surface area contributed by atoms with Crippen LogP contribution in [0.25, 0.3) is 11.4 Å². The number of benzene rings is 2. The van der Waals surface area contributed by atoms with Gasteiger partial charge in [0.05, 0.1) is 58.3 Å². The molecule has 4 aromatic rings. The fourth-order valence-corrected chi connectivity index (χ4v) is 7.55. The number of ether oxygens (including phenoxy) is 6. The molecule has 0 radical (unpaired) electrons. The van der Waals surface area contributed by atoms with E-state index in [1.807, 2.05) is 54.6 Å². The minimum Gasteiger partial charge on any atom is -0.494 e. The molecule has 0 bridgehead atoms. The van der Waals surface area contributed by atoms with Gasteiger partial charge in [-0.3, -0.25) is 14.6 Å². The smallest absolute Gasteiger partial charge is 0.305 e. The van der Waals surface area contributed by atoms with Crippen LogP contribution < -0.4 is 20.1 Å². The molecule has 2 aliphatic rings. The summed E-state index contributed by atoms with van der Waals surface area (Å²) in [4.78, 5) is 34.8. The summed E-state index contributed by atoms with van der Waals surface area (Å²) in [6, 6.07) is 17.2. The average molecular weight is 842 g/mol. The summed E-state index contributed by atoms with van der Waals surface area (Å²) in [6.45, 7) is 6.53. The highest BCUT2D eigenvalue weighted by Crippen LogP contribution is 2.37. The van der Waals surface area contributed by atoms with Gasteiger partial charge in [-0.05, 0) is 101 Å². The van der Waals surface area contributed by atoms with Crippen molar-refractivity contribution in [3.05, 3.63) is 83.9 Å². The lowest BCUT2D eigenvalue weighted by molar-refractivity contribution is -0.140. The summed E-state index contributed by atoms with van der Waals surface area (Å²) in [5, 5.41) is 16.1. The van der Waals surface area contributed by atoms with Gasteiger partial charge in [-0.25, -0.2) is 0 Å². The summed E-state index contributed by atoms with van der Waals surface area (Å²) in [6.07, 6.45) is 13.0. The standard InChI is InChI=1S/C46H63N7O8/c1-53-23-19-46(20-24-53,45-49-43(51-52-45)35-16-21-47-22-17-35)50-37-12-10-11-36(33-37)44(55)48-40-18-28-61-41-15-14-38(34-39(40)41)60-27-9-4-3-7-25-57-29-31-59-32-30-58-26-8-5-6-13-42(54)56-2/h10-12,14-17,21-22,33-34,40,50H,3-9,13,18-20,23-32H2,1-2H3,(H,48,55)(H,49,51,52). The van der Waals surface area contributed by atoms with Gasteiger partial charge < -0.3 is 48.9 Å². The van der Waals surface area contributed by atoms with Crippen molar-refractivity contribution in [2.75, 3.05) is 85.4 Å². The number of methoxy groups -OCH3 is 1. The topological polar surface area (TPSA) is 171 Å². The number of carbonyl (C=O) groups excluding carboxylic acids is 2. The maximum absolute atomic E-state index is 13.8. The van der Waals surface area contributed by atoms with E-state index in [9.17, 15) is 9.59 Å². The van der Waals surface area contributed by atoms with Gasteiger partial charge in [0, 0.05) is 73.9 Å². The van der Waals surface area contributed by atoms with E-state index in [4.69, 9.17) is 23.7 Å². The molecule has 61 heavy (non-hydrogen) atoms. The van der Waals surface area contributed by atoms with Gasteiger partial charge in [0.15, 0.2) is 11.6 Å². The summed E-state index contributed by atoms with van der Waals surface area (Å²) in [5.41, 5.74) is 2.78. The fourth-order valence-electron chi connectivity index (χ4n) is 7.55. The number of aromatic nitrogens is 4. The first-order valence-corrected chi connectivity index (χ1v) is 21.8. The normalized spacial score (nSPS) is 16.0. The molecule has 2 aromatic carbocycles. The van der Waals surface area contributed by atoms with E-state index in [-0.39, 0.29) is 17.9 Å². The molecule has 330 valence electrons. The Hall–Kier alpha value is -5.09. The second-order valence-corrected chi connectivity index (χ2v) is 15.7. The van der Waals surface area contributed by atoms with Crippen molar-refractivity contribution in [2.45, 2.75) is 82.2 Å². The molecule has 2 aromatic heterocycles. The van der Waals surface area contributed by atoms with Crippen LogP contribution in [-0.4, -0.2) is 117 Å². The van der Waals surface area contributed by atoms with E-state index < -0.39 is 5.54 Å². The maximum Gasteiger partial charge on any atom is 0.305 e. The quantitative estimate of drug-likeness (QED) is 0.0442. The summed E-state index contributed by atoms with van der Waals surface area (Å²) < 4.78 is 33.6. The van der Waals surface area contributed by atoms with E-state index in [0.29, 0.717) is 77.1 Å². The number of fused-ring (bicyclic) bond motifs is 1. The van der Waals surface area contributed by atoms with E-state index in [1.165, 1.54) is 7.11 Å². The van der Waals surface area contributed by atoms with Crippen molar-refractivity contribution in [1.29, 1.82) is 0 Å². The molecule has 4 heterocycles. The number of hydrogen-bond donors (Lipinski definition) is 3. The molecule has 0 saturated carbocycles. The molecule has 0 aliphatic carbocycles. The van der Waals surface area contributed by atoms with Gasteiger partial charge in [0.2, 0.25) is 0 Å². The lowest BCUT2D eigenvalue weighted by Gasteiger charge is -2.40. The number of nitrogens with zero attached hydrogens (tertiary/aromatic N) is 4. The molecule has 2 aliphatic heterocycles. The van der Waals surface area contributed by atoms with Crippen LogP contribution in [0, 0.1) is 0 Å². The Morgan fingerprint density at radius 3 is 2.28 bits per heavy atom. The Kier molecular flexibility index (Phi) is 18.2. The molecule has 0 spiro atoms. The number of H-pyrrole nitrogens is 1. The second kappa shape index (κ2) is 24.4. The third-order valence-electron chi connectivity index (χ3n) is 11.2. The van der Waals surface area contributed by atoms with Gasteiger partial charge >= 0.3 is 5.97 Å². The number of likely N-dealkylation sites (tertiary alicyclic amines) is 1.